The second-order valence-corrected chi connectivity index (χ2v) is 9.01. The first-order chi connectivity index (χ1) is 16.4. The van der Waals surface area contributed by atoms with Crippen molar-refractivity contribution in [2.75, 3.05) is 18.4 Å². The highest BCUT2D eigenvalue weighted by molar-refractivity contribution is 5.81. The number of morpholine rings is 1. The van der Waals surface area contributed by atoms with Gasteiger partial charge in [-0.15, -0.1) is 6.42 Å². The number of fused-ring (bicyclic) bond motifs is 1. The van der Waals surface area contributed by atoms with E-state index in [0.717, 1.165) is 52.9 Å². The Bertz CT molecular complexity index is 1360. The van der Waals surface area contributed by atoms with E-state index in [2.05, 4.69) is 63.3 Å². The molecule has 7 heteroatoms. The molecule has 4 aromatic rings. The van der Waals surface area contributed by atoms with Crippen LogP contribution in [0.15, 0.2) is 55.0 Å². The van der Waals surface area contributed by atoms with Gasteiger partial charge >= 0.3 is 0 Å². The number of aromatic nitrogens is 4. The smallest absolute Gasteiger partial charge is 0.227 e. The molecule has 0 spiro atoms. The van der Waals surface area contributed by atoms with Crippen LogP contribution >= 0.6 is 0 Å². The molecule has 2 unspecified atom stereocenters. The first kappa shape index (κ1) is 22.1. The van der Waals surface area contributed by atoms with E-state index in [-0.39, 0.29) is 12.2 Å². The molecule has 0 aliphatic carbocycles. The second-order valence-electron chi connectivity index (χ2n) is 9.01. The lowest BCUT2D eigenvalue weighted by molar-refractivity contribution is -0.0704. The minimum Gasteiger partial charge on any atom is -0.373 e. The Morgan fingerprint density at radius 3 is 2.65 bits per heavy atom. The molecule has 2 aromatic carbocycles. The Balaban J connectivity index is 1.46. The van der Waals surface area contributed by atoms with Gasteiger partial charge in [0, 0.05) is 61.3 Å². The predicted molar refractivity (Wildman–Crippen MR) is 135 cm³/mol. The lowest BCUT2D eigenvalue weighted by Crippen LogP contribution is -2.44. The van der Waals surface area contributed by atoms with Crippen molar-refractivity contribution in [1.82, 2.24) is 24.6 Å². The zero-order valence-corrected chi connectivity index (χ0v) is 19.7. The number of rotatable bonds is 5. The molecule has 0 bridgehead atoms. The number of hydrogen-bond acceptors (Lipinski definition) is 6. The van der Waals surface area contributed by atoms with Crippen LogP contribution < -0.4 is 5.32 Å². The Labute approximate surface area is 199 Å². The highest BCUT2D eigenvalue weighted by Crippen LogP contribution is 2.28. The molecule has 3 heterocycles. The van der Waals surface area contributed by atoms with Gasteiger partial charge in [-0.3, -0.25) is 9.58 Å². The summed E-state index contributed by atoms with van der Waals surface area (Å²) >= 11 is 0. The minimum absolute atomic E-state index is 0.226. The lowest BCUT2D eigenvalue weighted by Gasteiger charge is -2.35. The summed E-state index contributed by atoms with van der Waals surface area (Å²) in [7, 11) is 1.93. The van der Waals surface area contributed by atoms with Crippen LogP contribution in [0.5, 0.6) is 0 Å². The lowest BCUT2D eigenvalue weighted by atomic mass is 10.0. The number of ether oxygens (including phenoxy) is 1. The topological polar surface area (TPSA) is 68.1 Å². The fraction of sp³-hybridized carbons (Fsp3) is 0.296. The molecule has 0 amide bonds. The van der Waals surface area contributed by atoms with E-state index in [0.29, 0.717) is 5.95 Å². The first-order valence-corrected chi connectivity index (χ1v) is 11.5. The first-order valence-electron chi connectivity index (χ1n) is 11.5. The van der Waals surface area contributed by atoms with E-state index in [1.807, 2.05) is 42.3 Å². The molecule has 1 saturated heterocycles. The molecular formula is C27H28N6O. The SMILES string of the molecule is C#Cc1ccc2nc(Nc3cc(CN4CC(C)OC(C)C4)cc(-c4cnn(C)c4)c3)ncc2c1. The summed E-state index contributed by atoms with van der Waals surface area (Å²) in [5, 5.41) is 8.67. The van der Waals surface area contributed by atoms with Crippen molar-refractivity contribution in [3.8, 4) is 23.5 Å². The number of aryl methyl sites for hydroxylation is 1. The predicted octanol–water partition coefficient (Wildman–Crippen LogP) is 4.36. The number of nitrogens with zero attached hydrogens (tertiary/aromatic N) is 5. The van der Waals surface area contributed by atoms with Crippen LogP contribution in [0.3, 0.4) is 0 Å². The zero-order valence-electron chi connectivity index (χ0n) is 19.7. The van der Waals surface area contributed by atoms with Gasteiger partial charge in [0.2, 0.25) is 5.95 Å². The summed E-state index contributed by atoms with van der Waals surface area (Å²) in [6.45, 7) is 6.93. The fourth-order valence-electron chi connectivity index (χ4n) is 4.58. The number of benzene rings is 2. The van der Waals surface area contributed by atoms with Crippen LogP contribution in [0, 0.1) is 12.3 Å². The maximum Gasteiger partial charge on any atom is 0.227 e. The van der Waals surface area contributed by atoms with Gasteiger partial charge in [-0.05, 0) is 61.4 Å². The molecule has 7 nitrogen and oxygen atoms in total. The van der Waals surface area contributed by atoms with Gasteiger partial charge in [0.1, 0.15) is 0 Å². The summed E-state index contributed by atoms with van der Waals surface area (Å²) in [6.07, 6.45) is 11.7. The van der Waals surface area contributed by atoms with E-state index in [1.165, 1.54) is 5.56 Å². The van der Waals surface area contributed by atoms with Crippen LogP contribution in [-0.4, -0.2) is 49.9 Å². The van der Waals surface area contributed by atoms with Gasteiger partial charge in [-0.2, -0.15) is 5.10 Å². The van der Waals surface area contributed by atoms with Crippen molar-refractivity contribution >= 4 is 22.5 Å². The van der Waals surface area contributed by atoms with Crippen molar-refractivity contribution in [2.45, 2.75) is 32.6 Å². The molecule has 1 aliphatic rings. The Kier molecular flexibility index (Phi) is 6.01. The van der Waals surface area contributed by atoms with E-state index >= 15 is 0 Å². The molecule has 1 aliphatic heterocycles. The summed E-state index contributed by atoms with van der Waals surface area (Å²) in [5.74, 6) is 3.20. The molecular weight excluding hydrogens is 424 g/mol. The molecule has 34 heavy (non-hydrogen) atoms. The van der Waals surface area contributed by atoms with E-state index in [4.69, 9.17) is 11.2 Å². The molecule has 172 valence electrons. The number of anilines is 2. The molecule has 2 atom stereocenters. The zero-order chi connectivity index (χ0) is 23.7. The van der Waals surface area contributed by atoms with Crippen molar-refractivity contribution in [1.29, 1.82) is 0 Å². The minimum atomic E-state index is 0.226. The third-order valence-corrected chi connectivity index (χ3v) is 5.94. The highest BCUT2D eigenvalue weighted by atomic mass is 16.5. The molecule has 1 N–H and O–H groups in total. The maximum atomic E-state index is 5.91. The summed E-state index contributed by atoms with van der Waals surface area (Å²) < 4.78 is 7.73. The molecule has 0 saturated carbocycles. The van der Waals surface area contributed by atoms with Gasteiger partial charge in [-0.1, -0.05) is 5.92 Å². The third-order valence-electron chi connectivity index (χ3n) is 5.94. The normalized spacial score (nSPS) is 18.6. The average molecular weight is 453 g/mol. The van der Waals surface area contributed by atoms with Crippen molar-refractivity contribution in [3.63, 3.8) is 0 Å². The van der Waals surface area contributed by atoms with Gasteiger partial charge in [0.05, 0.1) is 23.9 Å². The number of terminal acetylenes is 1. The number of hydrogen-bond donors (Lipinski definition) is 1. The monoisotopic (exact) mass is 452 g/mol. The van der Waals surface area contributed by atoms with E-state index < -0.39 is 0 Å². The van der Waals surface area contributed by atoms with Crippen LogP contribution in [-0.2, 0) is 18.3 Å². The third kappa shape index (κ3) is 4.93. The van der Waals surface area contributed by atoms with Crippen LogP contribution in [0.1, 0.15) is 25.0 Å². The van der Waals surface area contributed by atoms with Crippen molar-refractivity contribution in [2.24, 2.45) is 7.05 Å². The molecule has 1 fully saturated rings. The Morgan fingerprint density at radius 1 is 1.09 bits per heavy atom. The van der Waals surface area contributed by atoms with Gasteiger partial charge in [0.25, 0.3) is 0 Å². The van der Waals surface area contributed by atoms with Crippen molar-refractivity contribution in [3.05, 3.63) is 66.1 Å². The second kappa shape index (κ2) is 9.26. The molecule has 0 radical (unpaired) electrons. The fourth-order valence-corrected chi connectivity index (χ4v) is 4.58. The average Bonchev–Trinajstić information content (AvgIpc) is 3.24. The molecule has 5 rings (SSSR count). The quantitative estimate of drug-likeness (QED) is 0.454. The van der Waals surface area contributed by atoms with Gasteiger partial charge in [0.15, 0.2) is 0 Å². The van der Waals surface area contributed by atoms with Crippen LogP contribution in [0.25, 0.3) is 22.0 Å². The van der Waals surface area contributed by atoms with Gasteiger partial charge < -0.3 is 10.1 Å². The van der Waals surface area contributed by atoms with Crippen molar-refractivity contribution < 1.29 is 4.74 Å². The largest absolute Gasteiger partial charge is 0.373 e. The highest BCUT2D eigenvalue weighted by Gasteiger charge is 2.22. The summed E-state index contributed by atoms with van der Waals surface area (Å²) in [5.41, 5.74) is 5.97. The van der Waals surface area contributed by atoms with E-state index in [9.17, 15) is 0 Å². The van der Waals surface area contributed by atoms with E-state index in [1.54, 1.807) is 6.20 Å². The van der Waals surface area contributed by atoms with Gasteiger partial charge in [-0.25, -0.2) is 9.97 Å². The summed E-state index contributed by atoms with van der Waals surface area (Å²) in [6, 6.07) is 12.3. The Morgan fingerprint density at radius 2 is 1.91 bits per heavy atom. The van der Waals surface area contributed by atoms with Crippen LogP contribution in [0.2, 0.25) is 0 Å². The maximum absolute atomic E-state index is 5.91. The Hall–Kier alpha value is -3.73. The standard InChI is InChI=1S/C27H28N6O/c1-5-20-6-7-26-23(8-20)12-28-27(31-26)30-25-10-21(16-33-14-18(2)34-19(3)15-33)9-22(11-25)24-13-29-32(4)17-24/h1,6-13,17-19H,14-16H2,2-4H3,(H,28,30,31). The number of nitrogens with one attached hydrogen (secondary N) is 1. The van der Waals surface area contributed by atoms with Crippen LogP contribution in [0.4, 0.5) is 11.6 Å². The molecule has 2 aromatic heterocycles. The summed E-state index contributed by atoms with van der Waals surface area (Å²) in [4.78, 5) is 11.6.